The summed E-state index contributed by atoms with van der Waals surface area (Å²) in [5, 5.41) is 4.63. The lowest BCUT2D eigenvalue weighted by Gasteiger charge is -2.37. The van der Waals surface area contributed by atoms with Crippen molar-refractivity contribution in [1.82, 2.24) is 15.2 Å². The Balaban J connectivity index is 1.49. The van der Waals surface area contributed by atoms with E-state index in [0.717, 1.165) is 58.1 Å². The number of guanidine groups is 1. The van der Waals surface area contributed by atoms with Gasteiger partial charge < -0.3 is 19.7 Å². The largest absolute Gasteiger partial charge is 0.375 e. The molecule has 0 amide bonds. The highest BCUT2D eigenvalue weighted by Gasteiger charge is 2.32. The maximum Gasteiger partial charge on any atom is 0.193 e. The number of aryl methyl sites for hydroxylation is 1. The standard InChI is InChI=1S/C16H26N4O2S/c1-12-10-19-15(23-12)5-6-18-16(17-2)20-7-9-22-14(11-20)13-4-3-8-21-13/h10,13-14H,3-9,11H2,1-2H3,(H,17,18). The zero-order valence-electron chi connectivity index (χ0n) is 14.0. The topological polar surface area (TPSA) is 59.0 Å². The summed E-state index contributed by atoms with van der Waals surface area (Å²) in [5.74, 6) is 0.949. The second-order valence-electron chi connectivity index (χ2n) is 6.00. The first-order chi connectivity index (χ1) is 11.3. The van der Waals surface area contributed by atoms with E-state index in [1.807, 2.05) is 13.2 Å². The Bertz CT molecular complexity index is 528. The first-order valence-corrected chi connectivity index (χ1v) is 9.18. The summed E-state index contributed by atoms with van der Waals surface area (Å²) in [4.78, 5) is 12.4. The van der Waals surface area contributed by atoms with Crippen LogP contribution in [-0.2, 0) is 15.9 Å². The monoisotopic (exact) mass is 338 g/mol. The second-order valence-corrected chi connectivity index (χ2v) is 7.31. The predicted octanol–water partition coefficient (Wildman–Crippen LogP) is 1.45. The molecule has 0 radical (unpaired) electrons. The molecule has 1 N–H and O–H groups in total. The lowest BCUT2D eigenvalue weighted by molar-refractivity contribution is -0.0816. The molecule has 128 valence electrons. The lowest BCUT2D eigenvalue weighted by Crippen LogP contribution is -2.53. The Morgan fingerprint density at radius 2 is 2.30 bits per heavy atom. The van der Waals surface area contributed by atoms with Gasteiger partial charge in [-0.25, -0.2) is 4.98 Å². The molecule has 2 fully saturated rings. The quantitative estimate of drug-likeness (QED) is 0.665. The zero-order valence-corrected chi connectivity index (χ0v) is 14.8. The van der Waals surface area contributed by atoms with Crippen LogP contribution in [0, 0.1) is 6.92 Å². The number of thiazole rings is 1. The molecule has 2 atom stereocenters. The molecule has 2 aliphatic rings. The maximum atomic E-state index is 5.91. The molecule has 2 saturated heterocycles. The van der Waals surface area contributed by atoms with Crippen LogP contribution < -0.4 is 5.32 Å². The van der Waals surface area contributed by atoms with Gasteiger partial charge in [-0.15, -0.1) is 11.3 Å². The number of morpholine rings is 1. The fraction of sp³-hybridized carbons (Fsp3) is 0.750. The average molecular weight is 338 g/mol. The molecule has 0 spiro atoms. The number of hydrogen-bond acceptors (Lipinski definition) is 5. The van der Waals surface area contributed by atoms with E-state index >= 15 is 0 Å². The van der Waals surface area contributed by atoms with Gasteiger partial charge in [0.05, 0.1) is 17.7 Å². The van der Waals surface area contributed by atoms with Crippen LogP contribution in [-0.4, -0.2) is 67.9 Å². The number of rotatable bonds is 4. The molecule has 1 aromatic rings. The van der Waals surface area contributed by atoms with Crippen LogP contribution in [0.15, 0.2) is 11.2 Å². The maximum absolute atomic E-state index is 5.91. The van der Waals surface area contributed by atoms with Crippen LogP contribution in [0.25, 0.3) is 0 Å². The average Bonchev–Trinajstić information content (AvgIpc) is 3.23. The van der Waals surface area contributed by atoms with Gasteiger partial charge >= 0.3 is 0 Å². The Hall–Kier alpha value is -1.18. The summed E-state index contributed by atoms with van der Waals surface area (Å²) in [7, 11) is 1.84. The van der Waals surface area contributed by atoms with E-state index in [1.54, 1.807) is 11.3 Å². The predicted molar refractivity (Wildman–Crippen MR) is 92.2 cm³/mol. The summed E-state index contributed by atoms with van der Waals surface area (Å²) < 4.78 is 11.7. The van der Waals surface area contributed by atoms with Crippen molar-refractivity contribution in [3.05, 3.63) is 16.1 Å². The van der Waals surface area contributed by atoms with E-state index in [0.29, 0.717) is 0 Å². The smallest absolute Gasteiger partial charge is 0.193 e. The number of hydrogen-bond donors (Lipinski definition) is 1. The summed E-state index contributed by atoms with van der Waals surface area (Å²) in [5.41, 5.74) is 0. The van der Waals surface area contributed by atoms with Crippen molar-refractivity contribution in [2.45, 2.75) is 38.4 Å². The third-order valence-electron chi connectivity index (χ3n) is 4.28. The minimum atomic E-state index is 0.159. The van der Waals surface area contributed by atoms with Crippen molar-refractivity contribution in [2.24, 2.45) is 4.99 Å². The molecule has 1 aromatic heterocycles. The van der Waals surface area contributed by atoms with Crippen molar-refractivity contribution in [1.29, 1.82) is 0 Å². The van der Waals surface area contributed by atoms with Gasteiger partial charge in [-0.05, 0) is 19.8 Å². The molecule has 0 saturated carbocycles. The normalized spacial score (nSPS) is 25.8. The van der Waals surface area contributed by atoms with Crippen molar-refractivity contribution in [3.8, 4) is 0 Å². The van der Waals surface area contributed by atoms with Crippen LogP contribution in [0.5, 0.6) is 0 Å². The Labute approximate surface area is 141 Å². The van der Waals surface area contributed by atoms with Gasteiger partial charge in [0.25, 0.3) is 0 Å². The zero-order chi connectivity index (χ0) is 16.1. The number of nitrogens with one attached hydrogen (secondary N) is 1. The molecule has 23 heavy (non-hydrogen) atoms. The van der Waals surface area contributed by atoms with E-state index < -0.39 is 0 Å². The van der Waals surface area contributed by atoms with E-state index in [1.165, 1.54) is 9.88 Å². The van der Waals surface area contributed by atoms with E-state index in [2.05, 4.69) is 27.1 Å². The molecule has 3 heterocycles. The first kappa shape index (κ1) is 16.7. The molecule has 0 aliphatic carbocycles. The molecule has 0 aromatic carbocycles. The minimum Gasteiger partial charge on any atom is -0.375 e. The molecular formula is C16H26N4O2S. The molecule has 3 rings (SSSR count). The Kier molecular flexibility index (Phi) is 5.85. The van der Waals surface area contributed by atoms with Crippen molar-refractivity contribution in [3.63, 3.8) is 0 Å². The highest BCUT2D eigenvalue weighted by Crippen LogP contribution is 2.21. The van der Waals surface area contributed by atoms with E-state index in [-0.39, 0.29) is 12.2 Å². The molecule has 2 unspecified atom stereocenters. The summed E-state index contributed by atoms with van der Waals surface area (Å²) in [6.07, 6.45) is 5.51. The summed E-state index contributed by atoms with van der Waals surface area (Å²) >= 11 is 1.76. The van der Waals surface area contributed by atoms with Crippen molar-refractivity contribution < 1.29 is 9.47 Å². The van der Waals surface area contributed by atoms with Gasteiger partial charge in [0.1, 0.15) is 6.10 Å². The Morgan fingerprint density at radius 1 is 1.43 bits per heavy atom. The molecule has 6 nitrogen and oxygen atoms in total. The number of aromatic nitrogens is 1. The highest BCUT2D eigenvalue weighted by molar-refractivity contribution is 7.11. The molecule has 0 bridgehead atoms. The highest BCUT2D eigenvalue weighted by atomic mass is 32.1. The third-order valence-corrected chi connectivity index (χ3v) is 5.25. The lowest BCUT2D eigenvalue weighted by atomic mass is 10.1. The summed E-state index contributed by atoms with van der Waals surface area (Å²) in [6, 6.07) is 0. The Morgan fingerprint density at radius 3 is 3.00 bits per heavy atom. The number of aliphatic imine (C=N–C) groups is 1. The van der Waals surface area contributed by atoms with Gasteiger partial charge in [-0.3, -0.25) is 4.99 Å². The van der Waals surface area contributed by atoms with Crippen LogP contribution in [0.2, 0.25) is 0 Å². The fourth-order valence-corrected chi connectivity index (χ4v) is 3.91. The van der Waals surface area contributed by atoms with E-state index in [9.17, 15) is 0 Å². The van der Waals surface area contributed by atoms with E-state index in [4.69, 9.17) is 9.47 Å². The van der Waals surface area contributed by atoms with Crippen LogP contribution >= 0.6 is 11.3 Å². The van der Waals surface area contributed by atoms with Crippen LogP contribution in [0.4, 0.5) is 0 Å². The first-order valence-electron chi connectivity index (χ1n) is 8.36. The number of nitrogens with zero attached hydrogens (tertiary/aromatic N) is 3. The molecule has 7 heteroatoms. The third kappa shape index (κ3) is 4.43. The van der Waals surface area contributed by atoms with Gasteiger partial charge in [-0.1, -0.05) is 0 Å². The van der Waals surface area contributed by atoms with Gasteiger partial charge in [0.2, 0.25) is 0 Å². The second kappa shape index (κ2) is 8.08. The van der Waals surface area contributed by atoms with Crippen LogP contribution in [0.3, 0.4) is 0 Å². The van der Waals surface area contributed by atoms with Crippen LogP contribution in [0.1, 0.15) is 22.7 Å². The summed E-state index contributed by atoms with van der Waals surface area (Å²) in [6.45, 7) is 6.26. The van der Waals surface area contributed by atoms with Crippen molar-refractivity contribution in [2.75, 3.05) is 39.9 Å². The van der Waals surface area contributed by atoms with Gasteiger partial charge in [0, 0.05) is 50.8 Å². The van der Waals surface area contributed by atoms with Crippen molar-refractivity contribution >= 4 is 17.3 Å². The molecular weight excluding hydrogens is 312 g/mol. The number of ether oxygens (including phenoxy) is 2. The van der Waals surface area contributed by atoms with Gasteiger partial charge in [0.15, 0.2) is 5.96 Å². The van der Waals surface area contributed by atoms with Gasteiger partial charge in [-0.2, -0.15) is 0 Å². The SMILES string of the molecule is CN=C(NCCc1ncc(C)s1)N1CCOC(C2CCCO2)C1. The minimum absolute atomic E-state index is 0.159. The molecule has 2 aliphatic heterocycles. The fourth-order valence-electron chi connectivity index (χ4n) is 3.12.